The van der Waals surface area contributed by atoms with Crippen molar-refractivity contribution < 1.29 is 18.7 Å². The third kappa shape index (κ3) is 3.57. The van der Waals surface area contributed by atoms with Crippen LogP contribution in [0.3, 0.4) is 0 Å². The van der Waals surface area contributed by atoms with Crippen molar-refractivity contribution in [3.63, 3.8) is 0 Å². The van der Waals surface area contributed by atoms with Gasteiger partial charge in [0, 0.05) is 5.56 Å². The number of imide groups is 1. The number of amides is 3. The zero-order valence-electron chi connectivity index (χ0n) is 15.8. The minimum Gasteiger partial charge on any atom is -0.457 e. The van der Waals surface area contributed by atoms with E-state index in [1.807, 2.05) is 48.5 Å². The summed E-state index contributed by atoms with van der Waals surface area (Å²) in [6.07, 6.45) is 0. The molecule has 3 amide bonds. The van der Waals surface area contributed by atoms with Gasteiger partial charge in [0.25, 0.3) is 5.91 Å². The van der Waals surface area contributed by atoms with E-state index in [0.29, 0.717) is 22.6 Å². The molecule has 1 fully saturated rings. The lowest BCUT2D eigenvalue weighted by Gasteiger charge is -2.22. The second kappa shape index (κ2) is 7.39. The van der Waals surface area contributed by atoms with E-state index in [0.717, 1.165) is 4.90 Å². The molecule has 1 aliphatic rings. The molecule has 3 aromatic rings. The van der Waals surface area contributed by atoms with E-state index in [-0.39, 0.29) is 6.54 Å². The van der Waals surface area contributed by atoms with Gasteiger partial charge < -0.3 is 10.1 Å². The Balaban J connectivity index is 1.60. The average molecular weight is 390 g/mol. The Morgan fingerprint density at radius 3 is 2.31 bits per heavy atom. The van der Waals surface area contributed by atoms with E-state index >= 15 is 0 Å². The Labute approximate surface area is 167 Å². The number of carbonyl (C=O) groups excluding carboxylic acids is 2. The highest BCUT2D eigenvalue weighted by Crippen LogP contribution is 2.32. The van der Waals surface area contributed by atoms with Gasteiger partial charge in [-0.1, -0.05) is 48.5 Å². The standard InChI is InChI=1S/C23H19FN2O3/c1-23(17-11-13-18(24)14-12-17)21(27)26(22(28)25-23)15-16-7-5-6-10-20(16)29-19-8-3-2-4-9-19/h2-14H,15H2,1H3,(H,25,28). The number of hydrogen-bond donors (Lipinski definition) is 1. The summed E-state index contributed by atoms with van der Waals surface area (Å²) >= 11 is 0. The number of benzene rings is 3. The quantitative estimate of drug-likeness (QED) is 0.649. The van der Waals surface area contributed by atoms with Crippen molar-refractivity contribution in [2.24, 2.45) is 0 Å². The Morgan fingerprint density at radius 1 is 0.931 bits per heavy atom. The summed E-state index contributed by atoms with van der Waals surface area (Å²) in [5.41, 5.74) is -0.0307. The van der Waals surface area contributed by atoms with Gasteiger partial charge in [0.05, 0.1) is 6.54 Å². The third-order valence-corrected chi connectivity index (χ3v) is 4.97. The first kappa shape index (κ1) is 18.7. The highest BCUT2D eigenvalue weighted by atomic mass is 19.1. The van der Waals surface area contributed by atoms with E-state index in [9.17, 15) is 14.0 Å². The maximum atomic E-state index is 13.3. The van der Waals surface area contributed by atoms with Crippen LogP contribution in [0.25, 0.3) is 0 Å². The number of ether oxygens (including phenoxy) is 1. The van der Waals surface area contributed by atoms with Crippen LogP contribution in [0.2, 0.25) is 0 Å². The second-order valence-corrected chi connectivity index (χ2v) is 6.98. The van der Waals surface area contributed by atoms with Crippen LogP contribution in [0.5, 0.6) is 11.5 Å². The fraction of sp³-hybridized carbons (Fsp3) is 0.130. The molecule has 29 heavy (non-hydrogen) atoms. The van der Waals surface area contributed by atoms with Crippen molar-refractivity contribution in [1.29, 1.82) is 0 Å². The Hall–Kier alpha value is -3.67. The van der Waals surface area contributed by atoms with Gasteiger partial charge in [0.2, 0.25) is 0 Å². The number of para-hydroxylation sites is 2. The van der Waals surface area contributed by atoms with Crippen molar-refractivity contribution in [3.8, 4) is 11.5 Å². The number of rotatable bonds is 5. The van der Waals surface area contributed by atoms with Crippen molar-refractivity contribution in [2.75, 3.05) is 0 Å². The van der Waals surface area contributed by atoms with Crippen LogP contribution in [0.15, 0.2) is 78.9 Å². The maximum Gasteiger partial charge on any atom is 0.325 e. The predicted octanol–water partition coefficient (Wildman–Crippen LogP) is 4.59. The first-order valence-electron chi connectivity index (χ1n) is 9.18. The number of nitrogens with zero attached hydrogens (tertiary/aromatic N) is 1. The first-order valence-corrected chi connectivity index (χ1v) is 9.18. The van der Waals surface area contributed by atoms with Crippen LogP contribution in [0.4, 0.5) is 9.18 Å². The summed E-state index contributed by atoms with van der Waals surface area (Å²) in [6.45, 7) is 1.68. The molecule has 1 aliphatic heterocycles. The van der Waals surface area contributed by atoms with Gasteiger partial charge in [0.15, 0.2) is 0 Å². The van der Waals surface area contributed by atoms with E-state index in [1.165, 1.54) is 24.3 Å². The maximum absolute atomic E-state index is 13.3. The minimum absolute atomic E-state index is 0.0600. The molecule has 0 aliphatic carbocycles. The van der Waals surface area contributed by atoms with Gasteiger partial charge in [-0.05, 0) is 42.8 Å². The van der Waals surface area contributed by atoms with Crippen LogP contribution < -0.4 is 10.1 Å². The van der Waals surface area contributed by atoms with Gasteiger partial charge in [-0.25, -0.2) is 9.18 Å². The Kier molecular flexibility index (Phi) is 4.76. The highest BCUT2D eigenvalue weighted by Gasteiger charge is 2.49. The smallest absolute Gasteiger partial charge is 0.325 e. The topological polar surface area (TPSA) is 58.6 Å². The van der Waals surface area contributed by atoms with Crippen LogP contribution in [-0.2, 0) is 16.9 Å². The largest absolute Gasteiger partial charge is 0.457 e. The normalized spacial score (nSPS) is 18.6. The van der Waals surface area contributed by atoms with Crippen molar-refractivity contribution in [2.45, 2.75) is 19.0 Å². The molecule has 0 bridgehead atoms. The molecule has 0 aromatic heterocycles. The average Bonchev–Trinajstić information content (AvgIpc) is 2.94. The number of halogens is 1. The lowest BCUT2D eigenvalue weighted by Crippen LogP contribution is -2.40. The van der Waals surface area contributed by atoms with E-state index in [2.05, 4.69) is 5.32 Å². The van der Waals surface area contributed by atoms with Crippen LogP contribution >= 0.6 is 0 Å². The molecule has 5 nitrogen and oxygen atoms in total. The van der Waals surface area contributed by atoms with E-state index < -0.39 is 23.3 Å². The first-order chi connectivity index (χ1) is 14.0. The molecule has 0 saturated carbocycles. The van der Waals surface area contributed by atoms with Gasteiger partial charge in [-0.2, -0.15) is 0 Å². The number of nitrogens with one attached hydrogen (secondary N) is 1. The van der Waals surface area contributed by atoms with Gasteiger partial charge in [-0.15, -0.1) is 0 Å². The van der Waals surface area contributed by atoms with Crippen LogP contribution in [0.1, 0.15) is 18.1 Å². The summed E-state index contributed by atoms with van der Waals surface area (Å²) in [5, 5.41) is 2.73. The zero-order valence-corrected chi connectivity index (χ0v) is 15.8. The third-order valence-electron chi connectivity index (χ3n) is 4.97. The minimum atomic E-state index is -1.25. The number of urea groups is 1. The lowest BCUT2D eigenvalue weighted by atomic mass is 9.92. The molecular weight excluding hydrogens is 371 g/mol. The van der Waals surface area contributed by atoms with Crippen molar-refractivity contribution in [1.82, 2.24) is 10.2 Å². The predicted molar refractivity (Wildman–Crippen MR) is 106 cm³/mol. The number of hydrogen-bond acceptors (Lipinski definition) is 3. The molecule has 1 heterocycles. The van der Waals surface area contributed by atoms with Crippen molar-refractivity contribution in [3.05, 3.63) is 95.8 Å². The van der Waals surface area contributed by atoms with E-state index in [4.69, 9.17) is 4.74 Å². The monoisotopic (exact) mass is 390 g/mol. The van der Waals surface area contributed by atoms with Crippen LogP contribution in [0, 0.1) is 5.82 Å². The Morgan fingerprint density at radius 2 is 1.59 bits per heavy atom. The van der Waals surface area contributed by atoms with Crippen molar-refractivity contribution >= 4 is 11.9 Å². The molecule has 0 radical (unpaired) electrons. The summed E-state index contributed by atoms with van der Waals surface area (Å²) in [4.78, 5) is 26.8. The van der Waals surface area contributed by atoms with E-state index in [1.54, 1.807) is 13.0 Å². The zero-order chi connectivity index (χ0) is 20.4. The molecule has 4 rings (SSSR count). The molecular formula is C23H19FN2O3. The summed E-state index contributed by atoms with van der Waals surface area (Å²) < 4.78 is 19.2. The Bertz CT molecular complexity index is 1050. The van der Waals surface area contributed by atoms with Gasteiger partial charge in [0.1, 0.15) is 22.9 Å². The molecule has 1 saturated heterocycles. The summed E-state index contributed by atoms with van der Waals surface area (Å²) in [7, 11) is 0. The van der Waals surface area contributed by atoms with Gasteiger partial charge >= 0.3 is 6.03 Å². The summed E-state index contributed by atoms with van der Waals surface area (Å²) in [6, 6.07) is 21.6. The van der Waals surface area contributed by atoms with Crippen LogP contribution in [-0.4, -0.2) is 16.8 Å². The lowest BCUT2D eigenvalue weighted by molar-refractivity contribution is -0.131. The highest BCUT2D eigenvalue weighted by molar-refractivity contribution is 6.07. The molecule has 6 heteroatoms. The fourth-order valence-corrected chi connectivity index (χ4v) is 3.34. The molecule has 1 N–H and O–H groups in total. The molecule has 3 aromatic carbocycles. The molecule has 0 spiro atoms. The molecule has 1 unspecified atom stereocenters. The fourth-order valence-electron chi connectivity index (χ4n) is 3.34. The van der Waals surface area contributed by atoms with Gasteiger partial charge in [-0.3, -0.25) is 9.69 Å². The number of carbonyl (C=O) groups is 2. The second-order valence-electron chi connectivity index (χ2n) is 6.98. The SMILES string of the molecule is CC1(c2ccc(F)cc2)NC(=O)N(Cc2ccccc2Oc2ccccc2)C1=O. The molecule has 1 atom stereocenters. The summed E-state index contributed by atoms with van der Waals surface area (Å²) in [5.74, 6) is 0.421. The molecule has 146 valence electrons.